The first kappa shape index (κ1) is 20.8. The monoisotopic (exact) mass is 418 g/mol. The van der Waals surface area contributed by atoms with Gasteiger partial charge < -0.3 is 19.9 Å². The van der Waals surface area contributed by atoms with Crippen LogP contribution in [0.1, 0.15) is 17.2 Å². The first-order valence-corrected chi connectivity index (χ1v) is 10.5. The van der Waals surface area contributed by atoms with Crippen molar-refractivity contribution in [2.24, 2.45) is 0 Å². The molecular formula is C24H28N5O2+. The van der Waals surface area contributed by atoms with Crippen LogP contribution in [0.5, 0.6) is 5.75 Å². The van der Waals surface area contributed by atoms with Crippen molar-refractivity contribution in [3.05, 3.63) is 78.1 Å². The van der Waals surface area contributed by atoms with E-state index in [2.05, 4.69) is 20.2 Å². The van der Waals surface area contributed by atoms with Gasteiger partial charge in [0.1, 0.15) is 5.75 Å². The molecule has 2 N–H and O–H groups in total. The minimum Gasteiger partial charge on any atom is -0.495 e. The Morgan fingerprint density at radius 2 is 1.77 bits per heavy atom. The zero-order valence-electron chi connectivity index (χ0n) is 17.9. The molecule has 7 nitrogen and oxygen atoms in total. The third-order valence-corrected chi connectivity index (χ3v) is 5.66. The number of ether oxygens (including phenoxy) is 1. The average Bonchev–Trinajstić information content (AvgIpc) is 2.81. The number of benzene rings is 2. The number of anilines is 2. The number of piperazine rings is 1. The van der Waals surface area contributed by atoms with Crippen LogP contribution < -0.4 is 19.9 Å². The van der Waals surface area contributed by atoms with Gasteiger partial charge in [0.25, 0.3) is 5.91 Å². The second-order valence-corrected chi connectivity index (χ2v) is 7.73. The normalized spacial score (nSPS) is 15.4. The molecule has 1 fully saturated rings. The topological polar surface area (TPSA) is 71.8 Å². The van der Waals surface area contributed by atoms with Crippen molar-refractivity contribution in [3.8, 4) is 5.75 Å². The fraction of sp³-hybridized carbons (Fsp3) is 0.292. The van der Waals surface area contributed by atoms with Crippen LogP contribution in [0, 0.1) is 6.92 Å². The van der Waals surface area contributed by atoms with Crippen LogP contribution in [-0.4, -0.2) is 49.2 Å². The summed E-state index contributed by atoms with van der Waals surface area (Å²) in [4.78, 5) is 25.6. The summed E-state index contributed by atoms with van der Waals surface area (Å²) in [5.74, 6) is 1.37. The molecule has 0 unspecified atom stereocenters. The van der Waals surface area contributed by atoms with Crippen LogP contribution in [0.4, 0.5) is 11.6 Å². The lowest BCUT2D eigenvalue weighted by atomic mass is 10.0. The number of aromatic nitrogens is 2. The van der Waals surface area contributed by atoms with Gasteiger partial charge in [-0.05, 0) is 30.7 Å². The standard InChI is InChI=1S/C24H27N5O2/c1-18-9-10-21(31-2)20(17-18)27-23(30)22(19-7-4-3-5-8-19)28-13-15-29(16-14-28)24-25-11-6-12-26-24/h3-12,17,22H,13-16H2,1-2H3,(H,27,30)/p+1/t22-/m0/s1. The van der Waals surface area contributed by atoms with E-state index >= 15 is 0 Å². The molecule has 2 heterocycles. The Labute approximate surface area is 182 Å². The third-order valence-electron chi connectivity index (χ3n) is 5.66. The lowest BCUT2D eigenvalue weighted by molar-refractivity contribution is -0.922. The van der Waals surface area contributed by atoms with Gasteiger partial charge in [-0.2, -0.15) is 0 Å². The highest BCUT2D eigenvalue weighted by Gasteiger charge is 2.35. The van der Waals surface area contributed by atoms with E-state index < -0.39 is 0 Å². The van der Waals surface area contributed by atoms with Crippen molar-refractivity contribution < 1.29 is 14.4 Å². The predicted molar refractivity (Wildman–Crippen MR) is 120 cm³/mol. The summed E-state index contributed by atoms with van der Waals surface area (Å²) >= 11 is 0. The number of methoxy groups -OCH3 is 1. The van der Waals surface area contributed by atoms with Gasteiger partial charge in [-0.15, -0.1) is 0 Å². The van der Waals surface area contributed by atoms with E-state index in [0.717, 1.165) is 43.3 Å². The van der Waals surface area contributed by atoms with Crippen LogP contribution >= 0.6 is 0 Å². The van der Waals surface area contributed by atoms with E-state index in [-0.39, 0.29) is 11.9 Å². The van der Waals surface area contributed by atoms with Crippen molar-refractivity contribution in [1.29, 1.82) is 0 Å². The molecule has 1 aromatic heterocycles. The second kappa shape index (κ2) is 9.57. The van der Waals surface area contributed by atoms with Crippen LogP contribution in [-0.2, 0) is 4.79 Å². The zero-order chi connectivity index (χ0) is 21.6. The fourth-order valence-corrected chi connectivity index (χ4v) is 4.08. The first-order chi connectivity index (χ1) is 15.2. The highest BCUT2D eigenvalue weighted by Crippen LogP contribution is 2.26. The van der Waals surface area contributed by atoms with E-state index in [1.54, 1.807) is 19.5 Å². The number of quaternary nitrogens is 1. The number of nitrogens with one attached hydrogen (secondary N) is 2. The minimum atomic E-state index is -0.315. The Hall–Kier alpha value is -3.45. The van der Waals surface area contributed by atoms with Crippen molar-refractivity contribution in [3.63, 3.8) is 0 Å². The Morgan fingerprint density at radius 3 is 2.45 bits per heavy atom. The summed E-state index contributed by atoms with van der Waals surface area (Å²) in [5, 5.41) is 3.12. The molecule has 0 saturated carbocycles. The van der Waals surface area contributed by atoms with Gasteiger partial charge in [-0.3, -0.25) is 4.79 Å². The van der Waals surface area contributed by atoms with Gasteiger partial charge in [0, 0.05) is 18.0 Å². The highest BCUT2D eigenvalue weighted by molar-refractivity contribution is 5.96. The van der Waals surface area contributed by atoms with E-state index in [4.69, 9.17) is 4.74 Å². The van der Waals surface area contributed by atoms with Crippen molar-refractivity contribution in [2.45, 2.75) is 13.0 Å². The van der Waals surface area contributed by atoms with Crippen LogP contribution in [0.25, 0.3) is 0 Å². The maximum atomic E-state index is 13.5. The molecule has 0 radical (unpaired) electrons. The number of rotatable bonds is 6. The molecule has 1 saturated heterocycles. The molecule has 1 atom stereocenters. The van der Waals surface area contributed by atoms with Gasteiger partial charge >= 0.3 is 0 Å². The van der Waals surface area contributed by atoms with Gasteiger partial charge in [0.15, 0.2) is 6.04 Å². The maximum Gasteiger partial charge on any atom is 0.287 e. The summed E-state index contributed by atoms with van der Waals surface area (Å²) in [5.41, 5.74) is 2.77. The molecule has 0 spiro atoms. The summed E-state index contributed by atoms with van der Waals surface area (Å²) in [7, 11) is 1.62. The molecule has 1 amide bonds. The third kappa shape index (κ3) is 4.83. The largest absolute Gasteiger partial charge is 0.495 e. The van der Waals surface area contributed by atoms with Gasteiger partial charge in [0.05, 0.1) is 39.0 Å². The van der Waals surface area contributed by atoms with Crippen molar-refractivity contribution in [2.75, 3.05) is 43.5 Å². The molecule has 7 heteroatoms. The van der Waals surface area contributed by atoms with Crippen LogP contribution in [0.2, 0.25) is 0 Å². The summed E-state index contributed by atoms with van der Waals surface area (Å²) in [6.45, 7) is 5.22. The minimum absolute atomic E-state index is 0.0329. The van der Waals surface area contributed by atoms with Crippen LogP contribution in [0.15, 0.2) is 67.0 Å². The lowest BCUT2D eigenvalue weighted by Crippen LogP contribution is -3.16. The zero-order valence-corrected chi connectivity index (χ0v) is 17.9. The lowest BCUT2D eigenvalue weighted by Gasteiger charge is -2.36. The smallest absolute Gasteiger partial charge is 0.287 e. The van der Waals surface area contributed by atoms with Crippen molar-refractivity contribution in [1.82, 2.24) is 9.97 Å². The number of aryl methyl sites for hydroxylation is 1. The van der Waals surface area contributed by atoms with Gasteiger partial charge in [0.2, 0.25) is 5.95 Å². The molecule has 0 bridgehead atoms. The molecule has 160 valence electrons. The molecule has 31 heavy (non-hydrogen) atoms. The number of nitrogens with zero attached hydrogens (tertiary/aromatic N) is 3. The summed E-state index contributed by atoms with van der Waals surface area (Å²) in [6.07, 6.45) is 3.52. The Morgan fingerprint density at radius 1 is 1.06 bits per heavy atom. The predicted octanol–water partition coefficient (Wildman–Crippen LogP) is 1.88. The van der Waals surface area contributed by atoms with E-state index in [1.165, 1.54) is 4.90 Å². The molecule has 0 aliphatic carbocycles. The maximum absolute atomic E-state index is 13.5. The van der Waals surface area contributed by atoms with Gasteiger partial charge in [-0.1, -0.05) is 36.4 Å². The number of amides is 1. The Balaban J connectivity index is 1.55. The molecule has 3 aromatic rings. The fourth-order valence-electron chi connectivity index (χ4n) is 4.08. The number of hydrogen-bond acceptors (Lipinski definition) is 5. The summed E-state index contributed by atoms with van der Waals surface area (Å²) in [6, 6.07) is 17.3. The molecule has 2 aromatic carbocycles. The van der Waals surface area contributed by atoms with Gasteiger partial charge in [-0.25, -0.2) is 9.97 Å². The Kier molecular flexibility index (Phi) is 6.43. The number of carbonyl (C=O) groups is 1. The molecule has 4 rings (SSSR count). The number of carbonyl (C=O) groups excluding carboxylic acids is 1. The summed E-state index contributed by atoms with van der Waals surface area (Å²) < 4.78 is 5.45. The van der Waals surface area contributed by atoms with Crippen LogP contribution in [0.3, 0.4) is 0 Å². The Bertz CT molecular complexity index is 1000. The molecule has 1 aliphatic heterocycles. The molecular weight excluding hydrogens is 390 g/mol. The first-order valence-electron chi connectivity index (χ1n) is 10.5. The van der Waals surface area contributed by atoms with Crippen molar-refractivity contribution >= 4 is 17.5 Å². The second-order valence-electron chi connectivity index (χ2n) is 7.73. The number of hydrogen-bond donors (Lipinski definition) is 2. The van der Waals surface area contributed by atoms with E-state index in [0.29, 0.717) is 11.4 Å². The van der Waals surface area contributed by atoms with E-state index in [1.807, 2.05) is 61.5 Å². The van der Waals surface area contributed by atoms with E-state index in [9.17, 15) is 4.79 Å². The molecule has 1 aliphatic rings. The quantitative estimate of drug-likeness (QED) is 0.640. The average molecular weight is 419 g/mol. The highest BCUT2D eigenvalue weighted by atomic mass is 16.5. The SMILES string of the molecule is COc1ccc(C)cc1NC(=O)[C@H](c1ccccc1)[NH+]1CCN(c2ncccn2)CC1.